The summed E-state index contributed by atoms with van der Waals surface area (Å²) in [5.41, 5.74) is 0.530. The molecular formula is C24H18F2N4O4S. The van der Waals surface area contributed by atoms with E-state index in [1.54, 1.807) is 30.3 Å². The molecule has 1 aliphatic heterocycles. The van der Waals surface area contributed by atoms with Gasteiger partial charge in [-0.15, -0.1) is 11.3 Å². The van der Waals surface area contributed by atoms with Gasteiger partial charge in [0.2, 0.25) is 0 Å². The normalized spacial score (nSPS) is 13.5. The molecule has 2 aromatic heterocycles. The zero-order chi connectivity index (χ0) is 24.7. The quantitative estimate of drug-likeness (QED) is 0.385. The lowest BCUT2D eigenvalue weighted by atomic mass is 10.1. The molecule has 0 atom stereocenters. The molecule has 0 aliphatic carbocycles. The van der Waals surface area contributed by atoms with E-state index in [1.165, 1.54) is 21.6 Å². The number of pyridine rings is 1. The van der Waals surface area contributed by atoms with E-state index in [0.29, 0.717) is 15.9 Å². The van der Waals surface area contributed by atoms with Crippen LogP contribution in [0, 0.1) is 11.6 Å². The Kier molecular flexibility index (Phi) is 5.69. The van der Waals surface area contributed by atoms with Crippen molar-refractivity contribution >= 4 is 44.9 Å². The van der Waals surface area contributed by atoms with Crippen LogP contribution in [-0.2, 0) is 0 Å². The molecule has 2 amide bonds. The fourth-order valence-corrected chi connectivity index (χ4v) is 5.20. The van der Waals surface area contributed by atoms with E-state index in [2.05, 4.69) is 10.6 Å². The topological polar surface area (TPSA) is 104 Å². The number of aromatic nitrogens is 1. The lowest BCUT2D eigenvalue weighted by molar-refractivity contribution is 0.0570. The third-order valence-electron chi connectivity index (χ3n) is 5.64. The van der Waals surface area contributed by atoms with Crippen LogP contribution in [0.5, 0.6) is 0 Å². The van der Waals surface area contributed by atoms with Gasteiger partial charge in [-0.2, -0.15) is 0 Å². The summed E-state index contributed by atoms with van der Waals surface area (Å²) in [6, 6.07) is 14.5. The van der Waals surface area contributed by atoms with E-state index in [0.717, 1.165) is 23.5 Å². The average Bonchev–Trinajstić information content (AvgIpc) is 3.16. The van der Waals surface area contributed by atoms with Crippen LogP contribution in [0.3, 0.4) is 0 Å². The van der Waals surface area contributed by atoms with Crippen molar-refractivity contribution in [2.24, 2.45) is 0 Å². The van der Waals surface area contributed by atoms with Crippen LogP contribution in [0.1, 0.15) is 9.67 Å². The predicted molar refractivity (Wildman–Crippen MR) is 128 cm³/mol. The van der Waals surface area contributed by atoms with Crippen LogP contribution >= 0.6 is 11.3 Å². The van der Waals surface area contributed by atoms with Crippen LogP contribution in [0.15, 0.2) is 65.5 Å². The molecule has 5 rings (SSSR count). The summed E-state index contributed by atoms with van der Waals surface area (Å²) in [5, 5.41) is 14.6. The van der Waals surface area contributed by atoms with Crippen LogP contribution in [0.4, 0.5) is 25.0 Å². The Labute approximate surface area is 201 Å². The minimum Gasteiger partial charge on any atom is -0.465 e. The monoisotopic (exact) mass is 496 g/mol. The first-order chi connectivity index (χ1) is 16.8. The fourth-order valence-electron chi connectivity index (χ4n) is 3.96. The number of carboxylic acid groups (broad SMARTS) is 1. The molecular weight excluding hydrogens is 478 g/mol. The van der Waals surface area contributed by atoms with Gasteiger partial charge in [0.15, 0.2) is 0 Å². The van der Waals surface area contributed by atoms with Gasteiger partial charge >= 0.3 is 6.09 Å². The SMILES string of the molecule is O=C(O)NC1CN(C(=O)c2sc3c(ccc(=O)n3-c3ccccc3)c2Nc2ccc(F)cc2F)C1. The number of carbonyl (C=O) groups is 2. The van der Waals surface area contributed by atoms with Crippen molar-refractivity contribution in [1.82, 2.24) is 14.8 Å². The number of anilines is 2. The number of amides is 2. The van der Waals surface area contributed by atoms with Gasteiger partial charge in [-0.1, -0.05) is 18.2 Å². The average molecular weight is 496 g/mol. The third kappa shape index (κ3) is 4.21. The highest BCUT2D eigenvalue weighted by molar-refractivity contribution is 7.21. The van der Waals surface area contributed by atoms with Crippen molar-refractivity contribution in [1.29, 1.82) is 0 Å². The number of halogens is 2. The van der Waals surface area contributed by atoms with Gasteiger partial charge < -0.3 is 20.6 Å². The number of fused-ring (bicyclic) bond motifs is 1. The van der Waals surface area contributed by atoms with E-state index in [9.17, 15) is 23.2 Å². The minimum atomic E-state index is -1.18. The van der Waals surface area contributed by atoms with Crippen LogP contribution in [-0.4, -0.2) is 45.7 Å². The van der Waals surface area contributed by atoms with Crippen molar-refractivity contribution in [3.8, 4) is 5.69 Å². The number of nitrogens with zero attached hydrogens (tertiary/aromatic N) is 2. The van der Waals surface area contributed by atoms with Crippen molar-refractivity contribution in [2.45, 2.75) is 6.04 Å². The maximum atomic E-state index is 14.5. The number of para-hydroxylation sites is 1. The van der Waals surface area contributed by atoms with Gasteiger partial charge in [0.05, 0.1) is 23.1 Å². The van der Waals surface area contributed by atoms with Crippen LogP contribution < -0.4 is 16.2 Å². The summed E-state index contributed by atoms with van der Waals surface area (Å²) in [4.78, 5) is 39.2. The molecule has 0 spiro atoms. The predicted octanol–water partition coefficient (Wildman–Crippen LogP) is 4.17. The zero-order valence-electron chi connectivity index (χ0n) is 18.0. The van der Waals surface area contributed by atoms with Gasteiger partial charge in [0, 0.05) is 30.6 Å². The summed E-state index contributed by atoms with van der Waals surface area (Å²) in [5.74, 6) is -1.98. The van der Waals surface area contributed by atoms with E-state index in [4.69, 9.17) is 5.11 Å². The Morgan fingerprint density at radius 1 is 1.03 bits per heavy atom. The molecule has 0 bridgehead atoms. The fraction of sp³-hybridized carbons (Fsp3) is 0.125. The van der Waals surface area contributed by atoms with E-state index in [-0.39, 0.29) is 40.9 Å². The summed E-state index contributed by atoms with van der Waals surface area (Å²) in [6.45, 7) is 0.352. The molecule has 8 nitrogen and oxygen atoms in total. The highest BCUT2D eigenvalue weighted by Crippen LogP contribution is 2.39. The lowest BCUT2D eigenvalue weighted by Gasteiger charge is -2.38. The first kappa shape index (κ1) is 22.5. The first-order valence-corrected chi connectivity index (χ1v) is 11.4. The van der Waals surface area contributed by atoms with E-state index < -0.39 is 23.6 Å². The standard InChI is InChI=1S/C24H18F2N4O4S/c25-13-6-8-18(17(26)10-13)28-20-16-7-9-19(31)30(15-4-2-1-3-5-15)23(16)35-21(20)22(32)29-11-14(12-29)27-24(33)34/h1-10,14,27-28H,11-12H2,(H,33,34). The van der Waals surface area contributed by atoms with Gasteiger partial charge in [0.25, 0.3) is 11.5 Å². The maximum Gasteiger partial charge on any atom is 0.405 e. The molecule has 0 unspecified atom stereocenters. The molecule has 0 radical (unpaired) electrons. The number of rotatable bonds is 5. The molecule has 11 heteroatoms. The number of hydrogen-bond acceptors (Lipinski definition) is 5. The zero-order valence-corrected chi connectivity index (χ0v) is 18.8. The maximum absolute atomic E-state index is 14.5. The summed E-state index contributed by atoms with van der Waals surface area (Å²) >= 11 is 1.06. The molecule has 0 saturated carbocycles. The van der Waals surface area contributed by atoms with Crippen molar-refractivity contribution in [2.75, 3.05) is 18.4 Å². The number of likely N-dealkylation sites (tertiary alicyclic amines) is 1. The molecule has 3 heterocycles. The smallest absolute Gasteiger partial charge is 0.405 e. The first-order valence-electron chi connectivity index (χ1n) is 10.6. The van der Waals surface area contributed by atoms with Gasteiger partial charge in [0.1, 0.15) is 21.3 Å². The van der Waals surface area contributed by atoms with Crippen molar-refractivity contribution in [3.05, 3.63) is 87.5 Å². The number of hydrogen-bond donors (Lipinski definition) is 3. The number of thiophene rings is 1. The summed E-state index contributed by atoms with van der Waals surface area (Å²) in [7, 11) is 0. The highest BCUT2D eigenvalue weighted by atomic mass is 32.1. The Morgan fingerprint density at radius 2 is 1.77 bits per heavy atom. The summed E-state index contributed by atoms with van der Waals surface area (Å²) < 4.78 is 29.4. The van der Waals surface area contributed by atoms with Gasteiger partial charge in [-0.25, -0.2) is 13.6 Å². The minimum absolute atomic E-state index is 0.0355. The van der Waals surface area contributed by atoms with Crippen molar-refractivity contribution in [3.63, 3.8) is 0 Å². The number of carbonyl (C=O) groups excluding carboxylic acids is 1. The molecule has 1 saturated heterocycles. The Bertz CT molecular complexity index is 1510. The molecule has 4 aromatic rings. The Balaban J connectivity index is 1.63. The van der Waals surface area contributed by atoms with Crippen LogP contribution in [0.25, 0.3) is 15.9 Å². The largest absolute Gasteiger partial charge is 0.465 e. The molecule has 2 aromatic carbocycles. The number of benzene rings is 2. The second-order valence-corrected chi connectivity index (χ2v) is 8.97. The van der Waals surface area contributed by atoms with Crippen molar-refractivity contribution < 1.29 is 23.5 Å². The van der Waals surface area contributed by atoms with Gasteiger partial charge in [-0.05, 0) is 30.3 Å². The summed E-state index contributed by atoms with van der Waals surface area (Å²) in [6.07, 6.45) is -1.18. The second kappa shape index (κ2) is 8.84. The Hall–Kier alpha value is -4.25. The van der Waals surface area contributed by atoms with E-state index >= 15 is 0 Å². The third-order valence-corrected chi connectivity index (χ3v) is 6.82. The molecule has 178 valence electrons. The van der Waals surface area contributed by atoms with E-state index in [1.807, 2.05) is 6.07 Å². The Morgan fingerprint density at radius 3 is 2.46 bits per heavy atom. The molecule has 35 heavy (non-hydrogen) atoms. The second-order valence-electron chi connectivity index (χ2n) is 7.97. The van der Waals surface area contributed by atoms with Crippen LogP contribution in [0.2, 0.25) is 0 Å². The number of nitrogens with one attached hydrogen (secondary N) is 2. The highest BCUT2D eigenvalue weighted by Gasteiger charge is 2.35. The van der Waals surface area contributed by atoms with Gasteiger partial charge in [-0.3, -0.25) is 14.2 Å². The molecule has 1 aliphatic rings. The molecule has 1 fully saturated rings. The molecule has 3 N–H and O–H groups in total. The lowest BCUT2D eigenvalue weighted by Crippen LogP contribution is -2.60.